The fourth-order valence-corrected chi connectivity index (χ4v) is 4.62. The molecule has 8 heteroatoms. The Kier molecular flexibility index (Phi) is 6.05. The van der Waals surface area contributed by atoms with Crippen molar-refractivity contribution >= 4 is 21.7 Å². The van der Waals surface area contributed by atoms with Crippen molar-refractivity contribution in [2.45, 2.75) is 32.7 Å². The number of carbonyl (C=O) groups excluding carboxylic acids is 2. The second kappa shape index (κ2) is 7.86. The molecule has 1 fully saturated rings. The van der Waals surface area contributed by atoms with E-state index < -0.39 is 28.3 Å². The minimum absolute atomic E-state index is 0.00159. The van der Waals surface area contributed by atoms with Crippen LogP contribution in [0.4, 0.5) is 0 Å². The summed E-state index contributed by atoms with van der Waals surface area (Å²) in [7, 11) is -3.11. The average molecular weight is 369 g/mol. The van der Waals surface area contributed by atoms with Gasteiger partial charge in [-0.3, -0.25) is 4.79 Å². The van der Waals surface area contributed by atoms with Crippen molar-refractivity contribution in [3.8, 4) is 5.75 Å². The summed E-state index contributed by atoms with van der Waals surface area (Å²) in [6, 6.07) is 4.31. The maximum atomic E-state index is 12.4. The molecule has 138 valence electrons. The zero-order valence-corrected chi connectivity index (χ0v) is 15.2. The van der Waals surface area contributed by atoms with Crippen molar-refractivity contribution in [3.05, 3.63) is 29.3 Å². The van der Waals surface area contributed by atoms with Gasteiger partial charge in [0, 0.05) is 12.6 Å². The van der Waals surface area contributed by atoms with E-state index in [1.807, 2.05) is 6.92 Å². The second-order valence-electron chi connectivity index (χ2n) is 6.19. The van der Waals surface area contributed by atoms with E-state index in [1.165, 1.54) is 11.0 Å². The number of para-hydroxylation sites is 1. The first-order valence-electron chi connectivity index (χ1n) is 8.20. The number of hydrogen-bond donors (Lipinski definition) is 1. The van der Waals surface area contributed by atoms with E-state index in [1.54, 1.807) is 19.1 Å². The summed E-state index contributed by atoms with van der Waals surface area (Å²) in [5.74, 6) is -1.37. The van der Waals surface area contributed by atoms with Crippen molar-refractivity contribution in [2.75, 3.05) is 24.7 Å². The predicted octanol–water partition coefficient (Wildman–Crippen LogP) is 1.28. The van der Waals surface area contributed by atoms with Crippen LogP contribution >= 0.6 is 0 Å². The SMILES string of the molecule is CCCN(C(=O)COC(=O)c1cccc(C)c1O)[C@H]1CCS(=O)(=O)C1. The van der Waals surface area contributed by atoms with E-state index in [4.69, 9.17) is 4.74 Å². The Hall–Kier alpha value is -2.09. The van der Waals surface area contributed by atoms with Crippen molar-refractivity contribution in [1.82, 2.24) is 4.90 Å². The number of phenolic OH excluding ortho intramolecular Hbond substituents is 1. The quantitative estimate of drug-likeness (QED) is 0.758. The number of rotatable bonds is 6. The highest BCUT2D eigenvalue weighted by atomic mass is 32.2. The highest BCUT2D eigenvalue weighted by Crippen LogP contribution is 2.22. The molecular weight excluding hydrogens is 346 g/mol. The van der Waals surface area contributed by atoms with Crippen LogP contribution in [0.1, 0.15) is 35.7 Å². The summed E-state index contributed by atoms with van der Waals surface area (Å²) in [5.41, 5.74) is 0.530. The zero-order valence-electron chi connectivity index (χ0n) is 14.4. The average Bonchev–Trinajstić information content (AvgIpc) is 2.92. The summed E-state index contributed by atoms with van der Waals surface area (Å²) in [6.07, 6.45) is 1.08. The van der Waals surface area contributed by atoms with Crippen LogP contribution in [0.15, 0.2) is 18.2 Å². The fourth-order valence-electron chi connectivity index (χ4n) is 2.88. The first kappa shape index (κ1) is 19.2. The third-order valence-electron chi connectivity index (χ3n) is 4.22. The van der Waals surface area contributed by atoms with Gasteiger partial charge in [-0.25, -0.2) is 13.2 Å². The van der Waals surface area contributed by atoms with Gasteiger partial charge in [-0.2, -0.15) is 0 Å². The normalized spacial score (nSPS) is 18.7. The lowest BCUT2D eigenvalue weighted by atomic mass is 10.1. The fraction of sp³-hybridized carbons (Fsp3) is 0.529. The summed E-state index contributed by atoms with van der Waals surface area (Å²) < 4.78 is 28.3. The van der Waals surface area contributed by atoms with Crippen LogP contribution in [0.3, 0.4) is 0 Å². The minimum Gasteiger partial charge on any atom is -0.507 e. The van der Waals surface area contributed by atoms with E-state index in [0.29, 0.717) is 24.9 Å². The Morgan fingerprint density at radius 3 is 2.68 bits per heavy atom. The van der Waals surface area contributed by atoms with Crippen LogP contribution in [0.2, 0.25) is 0 Å². The second-order valence-corrected chi connectivity index (χ2v) is 8.42. The van der Waals surface area contributed by atoms with Crippen LogP contribution in [0.5, 0.6) is 5.75 Å². The number of benzene rings is 1. The molecule has 1 aromatic rings. The van der Waals surface area contributed by atoms with Gasteiger partial charge in [0.1, 0.15) is 11.3 Å². The van der Waals surface area contributed by atoms with Gasteiger partial charge >= 0.3 is 5.97 Å². The molecule has 1 aliphatic heterocycles. The van der Waals surface area contributed by atoms with Gasteiger partial charge in [0.25, 0.3) is 5.91 Å². The van der Waals surface area contributed by atoms with Gasteiger partial charge in [0.2, 0.25) is 0 Å². The zero-order chi connectivity index (χ0) is 18.6. The minimum atomic E-state index is -3.11. The van der Waals surface area contributed by atoms with E-state index in [-0.39, 0.29) is 28.9 Å². The first-order valence-corrected chi connectivity index (χ1v) is 10.0. The standard InChI is InChI=1S/C17H23NO6S/c1-3-8-18(13-7-9-25(22,23)11-13)15(19)10-24-17(21)14-6-4-5-12(2)16(14)20/h4-6,13,20H,3,7-11H2,1-2H3/t13-/m0/s1. The molecule has 1 atom stereocenters. The molecule has 0 spiro atoms. The topological polar surface area (TPSA) is 101 Å². The Balaban J connectivity index is 2.01. The van der Waals surface area contributed by atoms with Gasteiger partial charge in [0.15, 0.2) is 16.4 Å². The molecule has 0 aromatic heterocycles. The van der Waals surface area contributed by atoms with Crippen molar-refractivity contribution in [3.63, 3.8) is 0 Å². The summed E-state index contributed by atoms with van der Waals surface area (Å²) >= 11 is 0. The van der Waals surface area contributed by atoms with Crippen LogP contribution in [0.25, 0.3) is 0 Å². The lowest BCUT2D eigenvalue weighted by molar-refractivity contribution is -0.136. The summed E-state index contributed by atoms with van der Waals surface area (Å²) in [4.78, 5) is 26.0. The third-order valence-corrected chi connectivity index (χ3v) is 5.97. The van der Waals surface area contributed by atoms with Gasteiger partial charge in [0.05, 0.1) is 11.5 Å². The number of nitrogens with zero attached hydrogens (tertiary/aromatic N) is 1. The predicted molar refractivity (Wildman–Crippen MR) is 92.2 cm³/mol. The molecule has 1 amide bonds. The van der Waals surface area contributed by atoms with Crippen molar-refractivity contribution in [1.29, 1.82) is 0 Å². The number of ether oxygens (including phenoxy) is 1. The molecular formula is C17H23NO6S. The summed E-state index contributed by atoms with van der Waals surface area (Å²) in [5, 5.41) is 9.89. The highest BCUT2D eigenvalue weighted by molar-refractivity contribution is 7.91. The van der Waals surface area contributed by atoms with Crippen molar-refractivity contribution in [2.24, 2.45) is 0 Å². The van der Waals surface area contributed by atoms with Gasteiger partial charge < -0.3 is 14.7 Å². The molecule has 0 aliphatic carbocycles. The molecule has 1 aromatic carbocycles. The smallest absolute Gasteiger partial charge is 0.342 e. The van der Waals surface area contributed by atoms with E-state index >= 15 is 0 Å². The molecule has 25 heavy (non-hydrogen) atoms. The number of sulfone groups is 1. The van der Waals surface area contributed by atoms with Crippen LogP contribution < -0.4 is 0 Å². The van der Waals surface area contributed by atoms with Crippen LogP contribution in [0, 0.1) is 6.92 Å². The largest absolute Gasteiger partial charge is 0.507 e. The number of carbonyl (C=O) groups is 2. The lowest BCUT2D eigenvalue weighted by Gasteiger charge is -2.27. The number of aromatic hydroxyl groups is 1. The van der Waals surface area contributed by atoms with Crippen LogP contribution in [-0.4, -0.2) is 61.0 Å². The Labute approximate surface area is 147 Å². The molecule has 0 bridgehead atoms. The Morgan fingerprint density at radius 1 is 1.36 bits per heavy atom. The monoisotopic (exact) mass is 369 g/mol. The van der Waals surface area contributed by atoms with Crippen molar-refractivity contribution < 1.29 is 27.9 Å². The van der Waals surface area contributed by atoms with E-state index in [2.05, 4.69) is 0 Å². The highest BCUT2D eigenvalue weighted by Gasteiger charge is 2.34. The van der Waals surface area contributed by atoms with Gasteiger partial charge in [-0.1, -0.05) is 19.1 Å². The molecule has 0 unspecified atom stereocenters. The molecule has 1 N–H and O–H groups in total. The maximum Gasteiger partial charge on any atom is 0.342 e. The van der Waals surface area contributed by atoms with Gasteiger partial charge in [-0.05, 0) is 31.4 Å². The Morgan fingerprint density at radius 2 is 2.08 bits per heavy atom. The Bertz CT molecular complexity index is 758. The summed E-state index contributed by atoms with van der Waals surface area (Å²) in [6.45, 7) is 3.47. The molecule has 0 saturated carbocycles. The number of hydrogen-bond acceptors (Lipinski definition) is 6. The van der Waals surface area contributed by atoms with E-state index in [9.17, 15) is 23.1 Å². The number of esters is 1. The maximum absolute atomic E-state index is 12.4. The van der Waals surface area contributed by atoms with Crippen LogP contribution in [-0.2, 0) is 19.4 Å². The molecule has 0 radical (unpaired) electrons. The lowest BCUT2D eigenvalue weighted by Crippen LogP contribution is -2.43. The molecule has 1 saturated heterocycles. The molecule has 1 aliphatic rings. The number of amides is 1. The molecule has 2 rings (SSSR count). The van der Waals surface area contributed by atoms with E-state index in [0.717, 1.165) is 0 Å². The first-order chi connectivity index (χ1) is 11.7. The van der Waals surface area contributed by atoms with Gasteiger partial charge in [-0.15, -0.1) is 0 Å². The third kappa shape index (κ3) is 4.72. The number of aryl methyl sites for hydroxylation is 1. The molecule has 1 heterocycles. The number of phenols is 1. The molecule has 7 nitrogen and oxygen atoms in total.